The molecule has 1 heterocycles. The third-order valence-electron chi connectivity index (χ3n) is 4.43. The fraction of sp³-hybridized carbons (Fsp3) is 0.524. The highest BCUT2D eigenvalue weighted by Gasteiger charge is 2.13. The molecule has 0 saturated heterocycles. The number of rotatable bonds is 10. The fourth-order valence-corrected chi connectivity index (χ4v) is 2.81. The molecule has 0 bridgehead atoms. The van der Waals surface area contributed by atoms with Crippen LogP contribution >= 0.6 is 24.0 Å². The molecule has 0 atom stereocenters. The fourth-order valence-electron chi connectivity index (χ4n) is 2.81. The zero-order valence-corrected chi connectivity index (χ0v) is 20.4. The summed E-state index contributed by atoms with van der Waals surface area (Å²) >= 11 is 0. The minimum Gasteiger partial charge on any atom is -0.492 e. The van der Waals surface area contributed by atoms with Crippen LogP contribution in [0.25, 0.3) is 0 Å². The number of nitrogens with zero attached hydrogens (tertiary/aromatic N) is 3. The van der Waals surface area contributed by atoms with Crippen molar-refractivity contribution in [2.45, 2.75) is 39.8 Å². The molecule has 2 aromatic rings. The second-order valence-electron chi connectivity index (χ2n) is 6.82. The average Bonchev–Trinajstić information content (AvgIpc) is 3.10. The standard InChI is InChI=1S/C21H33N5O2.HI/c1-6-19-18(20(7-2)28-25-19)15-24-21(22-3)23-14-16-9-8-10-17(13-16)27-12-11-26(4)5;/h8-10,13H,6-7,11-12,14-15H2,1-5H3,(H2,22,23,24);1H. The normalized spacial score (nSPS) is 11.3. The first-order chi connectivity index (χ1) is 13.6. The van der Waals surface area contributed by atoms with E-state index in [-0.39, 0.29) is 24.0 Å². The van der Waals surface area contributed by atoms with E-state index in [1.807, 2.05) is 26.2 Å². The molecule has 0 aliphatic rings. The van der Waals surface area contributed by atoms with Crippen molar-refractivity contribution in [3.63, 3.8) is 0 Å². The first-order valence-corrected chi connectivity index (χ1v) is 9.84. The average molecular weight is 515 g/mol. The number of aliphatic imine (C=N–C) groups is 1. The summed E-state index contributed by atoms with van der Waals surface area (Å²) in [6.07, 6.45) is 1.68. The SMILES string of the molecule is CCc1noc(CC)c1CNC(=NC)NCc1cccc(OCCN(C)C)c1.I. The summed E-state index contributed by atoms with van der Waals surface area (Å²) in [4.78, 5) is 6.41. The maximum absolute atomic E-state index is 5.81. The quantitative estimate of drug-likeness (QED) is 0.288. The maximum atomic E-state index is 5.81. The lowest BCUT2D eigenvalue weighted by molar-refractivity contribution is 0.261. The van der Waals surface area contributed by atoms with Gasteiger partial charge in [-0.3, -0.25) is 4.99 Å². The van der Waals surface area contributed by atoms with Crippen molar-refractivity contribution in [3.8, 4) is 5.75 Å². The molecule has 0 aliphatic heterocycles. The van der Waals surface area contributed by atoms with Crippen molar-refractivity contribution >= 4 is 29.9 Å². The number of hydrogen-bond acceptors (Lipinski definition) is 5. The zero-order chi connectivity index (χ0) is 20.4. The number of aromatic nitrogens is 1. The molecular weight excluding hydrogens is 481 g/mol. The number of nitrogens with one attached hydrogen (secondary N) is 2. The van der Waals surface area contributed by atoms with E-state index in [1.54, 1.807) is 7.05 Å². The van der Waals surface area contributed by atoms with Crippen molar-refractivity contribution < 1.29 is 9.26 Å². The van der Waals surface area contributed by atoms with Crippen LogP contribution in [0.3, 0.4) is 0 Å². The molecule has 1 aromatic carbocycles. The van der Waals surface area contributed by atoms with Gasteiger partial charge >= 0.3 is 0 Å². The van der Waals surface area contributed by atoms with Gasteiger partial charge in [0.1, 0.15) is 18.1 Å². The molecular formula is C21H34IN5O2. The number of guanidine groups is 1. The third kappa shape index (κ3) is 8.22. The van der Waals surface area contributed by atoms with E-state index in [9.17, 15) is 0 Å². The Hall–Kier alpha value is -1.81. The molecule has 0 unspecified atom stereocenters. The first-order valence-electron chi connectivity index (χ1n) is 9.84. The number of aryl methyl sites for hydroxylation is 2. The first kappa shape index (κ1) is 25.2. The Morgan fingerprint density at radius 2 is 1.93 bits per heavy atom. The van der Waals surface area contributed by atoms with Gasteiger partial charge in [-0.1, -0.05) is 31.1 Å². The highest BCUT2D eigenvalue weighted by molar-refractivity contribution is 14.0. The molecule has 0 aliphatic carbocycles. The predicted molar refractivity (Wildman–Crippen MR) is 128 cm³/mol. The van der Waals surface area contributed by atoms with Gasteiger partial charge in [-0.15, -0.1) is 24.0 Å². The van der Waals surface area contributed by atoms with Crippen molar-refractivity contribution in [1.29, 1.82) is 0 Å². The predicted octanol–water partition coefficient (Wildman–Crippen LogP) is 3.22. The summed E-state index contributed by atoms with van der Waals surface area (Å²) < 4.78 is 11.2. The minimum absolute atomic E-state index is 0. The number of halogens is 1. The molecule has 162 valence electrons. The van der Waals surface area contributed by atoms with Gasteiger partial charge in [-0.05, 0) is 38.2 Å². The van der Waals surface area contributed by atoms with E-state index in [0.717, 1.165) is 53.7 Å². The van der Waals surface area contributed by atoms with Gasteiger partial charge < -0.3 is 24.8 Å². The molecule has 7 nitrogen and oxygen atoms in total. The Bertz CT molecular complexity index is 740. The van der Waals surface area contributed by atoms with E-state index in [4.69, 9.17) is 9.26 Å². The second kappa shape index (κ2) is 13.4. The van der Waals surface area contributed by atoms with E-state index in [1.165, 1.54) is 0 Å². The molecule has 1 aromatic heterocycles. The number of benzene rings is 1. The third-order valence-corrected chi connectivity index (χ3v) is 4.43. The smallest absolute Gasteiger partial charge is 0.191 e. The lowest BCUT2D eigenvalue weighted by atomic mass is 10.1. The van der Waals surface area contributed by atoms with Crippen LogP contribution in [-0.4, -0.2) is 50.3 Å². The van der Waals surface area contributed by atoms with Crippen LogP contribution < -0.4 is 15.4 Å². The molecule has 0 spiro atoms. The Morgan fingerprint density at radius 1 is 1.17 bits per heavy atom. The van der Waals surface area contributed by atoms with Crippen molar-refractivity contribution in [1.82, 2.24) is 20.7 Å². The van der Waals surface area contributed by atoms with Gasteiger partial charge in [-0.25, -0.2) is 0 Å². The summed E-state index contributed by atoms with van der Waals surface area (Å²) in [5.74, 6) is 2.56. The van der Waals surface area contributed by atoms with Gasteiger partial charge in [-0.2, -0.15) is 0 Å². The molecule has 0 fully saturated rings. The summed E-state index contributed by atoms with van der Waals surface area (Å²) in [5.41, 5.74) is 3.27. The summed E-state index contributed by atoms with van der Waals surface area (Å²) in [7, 11) is 5.84. The molecule has 0 saturated carbocycles. The molecule has 2 N–H and O–H groups in total. The lowest BCUT2D eigenvalue weighted by Gasteiger charge is -2.14. The van der Waals surface area contributed by atoms with Crippen LogP contribution in [-0.2, 0) is 25.9 Å². The van der Waals surface area contributed by atoms with E-state index < -0.39 is 0 Å². The van der Waals surface area contributed by atoms with Crippen molar-refractivity contribution in [2.75, 3.05) is 34.3 Å². The van der Waals surface area contributed by atoms with Crippen LogP contribution in [0.2, 0.25) is 0 Å². The van der Waals surface area contributed by atoms with Gasteiger partial charge in [0.2, 0.25) is 0 Å². The monoisotopic (exact) mass is 515 g/mol. The Labute approximate surface area is 191 Å². The Morgan fingerprint density at radius 3 is 2.59 bits per heavy atom. The molecule has 8 heteroatoms. The molecule has 0 amide bonds. The Kier molecular flexibility index (Phi) is 11.7. The van der Waals surface area contributed by atoms with Crippen LogP contribution in [0.4, 0.5) is 0 Å². The maximum Gasteiger partial charge on any atom is 0.191 e. The molecule has 0 radical (unpaired) electrons. The van der Waals surface area contributed by atoms with Crippen LogP contribution in [0, 0.1) is 0 Å². The van der Waals surface area contributed by atoms with Crippen molar-refractivity contribution in [2.24, 2.45) is 4.99 Å². The lowest BCUT2D eigenvalue weighted by Crippen LogP contribution is -2.36. The second-order valence-corrected chi connectivity index (χ2v) is 6.82. The van der Waals surface area contributed by atoms with E-state index in [2.05, 4.69) is 51.7 Å². The van der Waals surface area contributed by atoms with Crippen LogP contribution in [0.5, 0.6) is 5.75 Å². The van der Waals surface area contributed by atoms with Gasteiger partial charge in [0.25, 0.3) is 0 Å². The topological polar surface area (TPSA) is 74.9 Å². The summed E-state index contributed by atoms with van der Waals surface area (Å²) in [6.45, 7) is 7.02. The highest BCUT2D eigenvalue weighted by atomic mass is 127. The Balaban J connectivity index is 0.00000420. The summed E-state index contributed by atoms with van der Waals surface area (Å²) in [6, 6.07) is 8.12. The van der Waals surface area contributed by atoms with Gasteiger partial charge in [0.15, 0.2) is 5.96 Å². The number of likely N-dealkylation sites (N-methyl/N-ethyl adjacent to an activating group) is 1. The highest BCUT2D eigenvalue weighted by Crippen LogP contribution is 2.16. The minimum atomic E-state index is 0. The molecule has 2 rings (SSSR count). The van der Waals surface area contributed by atoms with Gasteiger partial charge in [0.05, 0.1) is 5.69 Å². The summed E-state index contributed by atoms with van der Waals surface area (Å²) in [5, 5.41) is 10.9. The van der Waals surface area contributed by atoms with Crippen LogP contribution in [0.15, 0.2) is 33.8 Å². The number of ether oxygens (including phenoxy) is 1. The number of hydrogen-bond donors (Lipinski definition) is 2. The molecule has 29 heavy (non-hydrogen) atoms. The van der Waals surface area contributed by atoms with E-state index in [0.29, 0.717) is 19.7 Å². The van der Waals surface area contributed by atoms with E-state index >= 15 is 0 Å². The van der Waals surface area contributed by atoms with Gasteiger partial charge in [0, 0.05) is 38.7 Å². The van der Waals surface area contributed by atoms with Crippen molar-refractivity contribution in [3.05, 3.63) is 46.8 Å². The zero-order valence-electron chi connectivity index (χ0n) is 18.1. The van der Waals surface area contributed by atoms with Crippen LogP contribution in [0.1, 0.15) is 36.4 Å². The largest absolute Gasteiger partial charge is 0.492 e.